The molecule has 0 heterocycles. The molecule has 4 aromatic rings. The van der Waals surface area contributed by atoms with Crippen molar-refractivity contribution in [2.45, 2.75) is 0 Å². The van der Waals surface area contributed by atoms with Crippen molar-refractivity contribution >= 4 is 34.1 Å². The molecule has 1 nitrogen and oxygen atoms in total. The average Bonchev–Trinajstić information content (AvgIpc) is 2.80. The number of carbonyl (C=O) groups is 1. The van der Waals surface area contributed by atoms with Gasteiger partial charge in [-0.25, -0.2) is 0 Å². The third-order valence-electron chi connectivity index (χ3n) is 5.74. The zero-order valence-electron chi connectivity index (χ0n) is 15.7. The molecule has 0 bridgehead atoms. The molecular formula is C26H23OP. The molecule has 0 aromatic heterocycles. The Kier molecular flexibility index (Phi) is 4.94. The van der Waals surface area contributed by atoms with E-state index < -0.39 is 6.60 Å². The minimum absolute atomic E-state index is 0.438. The third kappa shape index (κ3) is 2.55. The standard InChI is InChI=1S/C26H23OP/c27-21-22-28(23-13-5-1-6-14-23,24-15-7-2-8-16-24,25-17-9-3-10-18-25)26-19-11-4-12-20-26/h1-21H,22H2. The fraction of sp³-hybridized carbons (Fsp3) is 0.0385. The first kappa shape index (κ1) is 18.3. The van der Waals surface area contributed by atoms with Gasteiger partial charge in [-0.15, -0.1) is 0 Å². The number of aldehydes is 1. The van der Waals surface area contributed by atoms with Gasteiger partial charge in [0.05, 0.1) is 0 Å². The zero-order valence-corrected chi connectivity index (χ0v) is 16.6. The minimum atomic E-state index is -3.24. The molecule has 0 N–H and O–H groups in total. The van der Waals surface area contributed by atoms with Gasteiger partial charge in [-0.05, 0) is 0 Å². The molecular weight excluding hydrogens is 359 g/mol. The Morgan fingerprint density at radius 1 is 0.464 bits per heavy atom. The van der Waals surface area contributed by atoms with Crippen molar-refractivity contribution in [2.24, 2.45) is 0 Å². The molecule has 4 rings (SSSR count). The van der Waals surface area contributed by atoms with Crippen molar-refractivity contribution in [3.63, 3.8) is 0 Å². The van der Waals surface area contributed by atoms with Crippen LogP contribution in [-0.4, -0.2) is 12.4 Å². The molecule has 4 aromatic carbocycles. The molecule has 0 aliphatic rings. The molecule has 0 aliphatic carbocycles. The summed E-state index contributed by atoms with van der Waals surface area (Å²) >= 11 is 0. The topological polar surface area (TPSA) is 17.1 Å². The maximum absolute atomic E-state index is 12.4. The van der Waals surface area contributed by atoms with Crippen LogP contribution >= 0.6 is 6.60 Å². The van der Waals surface area contributed by atoms with Crippen molar-refractivity contribution in [3.8, 4) is 0 Å². The molecule has 2 heteroatoms. The average molecular weight is 382 g/mol. The summed E-state index contributed by atoms with van der Waals surface area (Å²) in [5, 5.41) is 4.85. The van der Waals surface area contributed by atoms with Gasteiger partial charge in [0, 0.05) is 0 Å². The molecule has 28 heavy (non-hydrogen) atoms. The van der Waals surface area contributed by atoms with Crippen LogP contribution in [0.15, 0.2) is 121 Å². The van der Waals surface area contributed by atoms with Gasteiger partial charge in [-0.3, -0.25) is 0 Å². The maximum atomic E-state index is 12.4. The van der Waals surface area contributed by atoms with Gasteiger partial charge < -0.3 is 0 Å². The molecule has 0 saturated carbocycles. The van der Waals surface area contributed by atoms with Crippen LogP contribution in [0.4, 0.5) is 0 Å². The fourth-order valence-corrected chi connectivity index (χ4v) is 10.7. The second kappa shape index (κ2) is 7.54. The summed E-state index contributed by atoms with van der Waals surface area (Å²) in [6.07, 6.45) is 1.55. The van der Waals surface area contributed by atoms with E-state index in [1.807, 2.05) is 24.3 Å². The number of carbonyl (C=O) groups excluding carboxylic acids is 1. The van der Waals surface area contributed by atoms with Crippen LogP contribution in [-0.2, 0) is 4.79 Å². The second-order valence-corrected chi connectivity index (χ2v) is 12.0. The van der Waals surface area contributed by atoms with Crippen LogP contribution in [0.2, 0.25) is 0 Å². The van der Waals surface area contributed by atoms with Gasteiger partial charge in [0.1, 0.15) is 0 Å². The van der Waals surface area contributed by atoms with Crippen LogP contribution in [0.25, 0.3) is 0 Å². The van der Waals surface area contributed by atoms with Crippen LogP contribution in [0.1, 0.15) is 0 Å². The Balaban J connectivity index is 2.30. The van der Waals surface area contributed by atoms with Gasteiger partial charge in [0.2, 0.25) is 0 Å². The second-order valence-electron chi connectivity index (χ2n) is 6.99. The van der Waals surface area contributed by atoms with E-state index in [2.05, 4.69) is 97.1 Å². The van der Waals surface area contributed by atoms with Crippen LogP contribution in [0.5, 0.6) is 0 Å². The summed E-state index contributed by atoms with van der Waals surface area (Å²) in [5.41, 5.74) is 0. The van der Waals surface area contributed by atoms with Crippen molar-refractivity contribution < 1.29 is 4.79 Å². The summed E-state index contributed by atoms with van der Waals surface area (Å²) in [7, 11) is 0. The number of hydrogen-bond acceptors (Lipinski definition) is 1. The Morgan fingerprint density at radius 2 is 0.714 bits per heavy atom. The molecule has 0 atom stereocenters. The number of rotatable bonds is 6. The number of benzene rings is 4. The predicted octanol–water partition coefficient (Wildman–Crippen LogP) is 4.04. The SMILES string of the molecule is O=CCP(c1ccccc1)(c1ccccc1)(c1ccccc1)c1ccccc1. The van der Waals surface area contributed by atoms with E-state index in [0.29, 0.717) is 6.16 Å². The molecule has 0 radical (unpaired) electrons. The van der Waals surface area contributed by atoms with Gasteiger partial charge in [-0.1, -0.05) is 0 Å². The van der Waals surface area contributed by atoms with Crippen molar-refractivity contribution in [1.29, 1.82) is 0 Å². The molecule has 0 amide bonds. The molecule has 138 valence electrons. The Hall–Kier alpha value is -3.02. The Bertz CT molecular complexity index is 875. The fourth-order valence-electron chi connectivity index (χ4n) is 4.49. The summed E-state index contributed by atoms with van der Waals surface area (Å²) in [6.45, 7) is -3.24. The summed E-state index contributed by atoms with van der Waals surface area (Å²) in [4.78, 5) is 12.4. The van der Waals surface area contributed by atoms with Gasteiger partial charge in [0.15, 0.2) is 0 Å². The van der Waals surface area contributed by atoms with Crippen LogP contribution in [0, 0.1) is 0 Å². The molecule has 0 aliphatic heterocycles. The van der Waals surface area contributed by atoms with Gasteiger partial charge in [-0.2, -0.15) is 0 Å². The quantitative estimate of drug-likeness (QED) is 0.363. The van der Waals surface area contributed by atoms with Crippen molar-refractivity contribution in [3.05, 3.63) is 121 Å². The zero-order chi connectivity index (χ0) is 19.3. The third-order valence-corrected chi connectivity index (χ3v) is 12.4. The van der Waals surface area contributed by atoms with Gasteiger partial charge >= 0.3 is 166 Å². The Morgan fingerprint density at radius 3 is 0.929 bits per heavy atom. The van der Waals surface area contributed by atoms with E-state index in [9.17, 15) is 4.79 Å². The predicted molar refractivity (Wildman–Crippen MR) is 122 cm³/mol. The van der Waals surface area contributed by atoms with E-state index in [4.69, 9.17) is 0 Å². The molecule has 0 fully saturated rings. The summed E-state index contributed by atoms with van der Waals surface area (Å²) < 4.78 is 0. The Labute approximate surface area is 166 Å². The van der Waals surface area contributed by atoms with E-state index in [-0.39, 0.29) is 0 Å². The van der Waals surface area contributed by atoms with E-state index in [1.54, 1.807) is 0 Å². The summed E-state index contributed by atoms with van der Waals surface area (Å²) in [5.74, 6) is 0. The van der Waals surface area contributed by atoms with E-state index >= 15 is 0 Å². The van der Waals surface area contributed by atoms with E-state index in [0.717, 1.165) is 6.29 Å². The monoisotopic (exact) mass is 382 g/mol. The number of hydrogen-bond donors (Lipinski definition) is 0. The first-order valence-electron chi connectivity index (χ1n) is 9.50. The summed E-state index contributed by atoms with van der Waals surface area (Å²) in [6, 6.07) is 42.3. The van der Waals surface area contributed by atoms with Crippen molar-refractivity contribution in [2.75, 3.05) is 6.16 Å². The molecule has 0 saturated heterocycles. The molecule has 0 unspecified atom stereocenters. The van der Waals surface area contributed by atoms with Crippen molar-refractivity contribution in [1.82, 2.24) is 0 Å². The first-order valence-corrected chi connectivity index (χ1v) is 11.9. The van der Waals surface area contributed by atoms with Crippen LogP contribution < -0.4 is 21.2 Å². The van der Waals surface area contributed by atoms with Crippen LogP contribution in [0.3, 0.4) is 0 Å². The molecule has 0 spiro atoms. The first-order chi connectivity index (χ1) is 13.8. The van der Waals surface area contributed by atoms with Gasteiger partial charge in [0.25, 0.3) is 0 Å². The normalized spacial score (nSPS) is 12.6. The van der Waals surface area contributed by atoms with E-state index in [1.165, 1.54) is 21.2 Å².